The number of benzene rings is 1. The van der Waals surface area contributed by atoms with Crippen LogP contribution >= 0.6 is 11.3 Å². The molecule has 4 rings (SSSR count). The van der Waals surface area contributed by atoms with E-state index >= 15 is 0 Å². The van der Waals surface area contributed by atoms with Crippen LogP contribution < -0.4 is 15.7 Å². The fourth-order valence-corrected chi connectivity index (χ4v) is 3.95. The van der Waals surface area contributed by atoms with Crippen LogP contribution in [0.2, 0.25) is 0 Å². The van der Waals surface area contributed by atoms with Crippen molar-refractivity contribution < 1.29 is 9.53 Å². The number of hydrogen-bond donors (Lipinski definition) is 1. The second-order valence-electron chi connectivity index (χ2n) is 7.11. The van der Waals surface area contributed by atoms with E-state index in [9.17, 15) is 9.59 Å². The highest BCUT2D eigenvalue weighted by Gasteiger charge is 2.30. The third kappa shape index (κ3) is 4.59. The number of nitrogens with one attached hydrogen (secondary N) is 1. The van der Waals surface area contributed by atoms with E-state index in [2.05, 4.69) is 10.4 Å². The molecular formula is C21H24N4O3S. The van der Waals surface area contributed by atoms with Gasteiger partial charge in [0.25, 0.3) is 0 Å². The number of hydrogen-bond acceptors (Lipinski definition) is 5. The number of aryl methyl sites for hydroxylation is 1. The SMILES string of the molecule is COc1ccc(CCC(=O)NCCn2nc(-c3cccs3)n(C3CC3)c2=O)cc1. The van der Waals surface area contributed by atoms with Crippen molar-refractivity contribution in [1.29, 1.82) is 0 Å². The molecule has 3 aromatic rings. The number of rotatable bonds is 9. The Hall–Kier alpha value is -2.87. The van der Waals surface area contributed by atoms with Gasteiger partial charge in [-0.15, -0.1) is 16.4 Å². The standard InChI is InChI=1S/C21H24N4O3S/c1-28-17-9-4-15(5-10-17)6-11-19(26)22-12-13-24-21(27)25(16-7-8-16)20(23-24)18-3-2-14-29-18/h2-5,9-10,14,16H,6-8,11-13H2,1H3,(H,22,26). The minimum absolute atomic E-state index is 0.0334. The first kappa shape index (κ1) is 19.4. The highest BCUT2D eigenvalue weighted by molar-refractivity contribution is 7.13. The second kappa shape index (κ2) is 8.65. The van der Waals surface area contributed by atoms with Gasteiger partial charge < -0.3 is 10.1 Å². The summed E-state index contributed by atoms with van der Waals surface area (Å²) in [5.74, 6) is 1.50. The van der Waals surface area contributed by atoms with Crippen LogP contribution in [0.1, 0.15) is 30.9 Å². The number of ether oxygens (including phenoxy) is 1. The molecule has 29 heavy (non-hydrogen) atoms. The third-order valence-electron chi connectivity index (χ3n) is 4.97. The Morgan fingerprint density at radius 1 is 1.28 bits per heavy atom. The van der Waals surface area contributed by atoms with Crippen molar-refractivity contribution in [3.63, 3.8) is 0 Å². The highest BCUT2D eigenvalue weighted by atomic mass is 32.1. The average molecular weight is 413 g/mol. The predicted molar refractivity (Wildman–Crippen MR) is 112 cm³/mol. The summed E-state index contributed by atoms with van der Waals surface area (Å²) < 4.78 is 8.41. The van der Waals surface area contributed by atoms with Crippen LogP contribution in [0.5, 0.6) is 5.75 Å². The summed E-state index contributed by atoms with van der Waals surface area (Å²) >= 11 is 1.58. The van der Waals surface area contributed by atoms with E-state index in [1.54, 1.807) is 23.0 Å². The van der Waals surface area contributed by atoms with Gasteiger partial charge in [0.15, 0.2) is 5.82 Å². The molecule has 1 fully saturated rings. The zero-order chi connectivity index (χ0) is 20.2. The Bertz CT molecular complexity index is 1020. The van der Waals surface area contributed by atoms with Crippen molar-refractivity contribution >= 4 is 17.2 Å². The van der Waals surface area contributed by atoms with E-state index in [1.165, 1.54) is 4.68 Å². The molecule has 0 radical (unpaired) electrons. The maximum atomic E-state index is 12.8. The Morgan fingerprint density at radius 3 is 2.72 bits per heavy atom. The summed E-state index contributed by atoms with van der Waals surface area (Å²) in [5.41, 5.74) is 0.990. The molecule has 0 saturated heterocycles. The summed E-state index contributed by atoms with van der Waals surface area (Å²) in [4.78, 5) is 25.9. The van der Waals surface area contributed by atoms with E-state index < -0.39 is 0 Å². The van der Waals surface area contributed by atoms with Gasteiger partial charge in [-0.1, -0.05) is 18.2 Å². The van der Waals surface area contributed by atoms with Crippen molar-refractivity contribution in [2.75, 3.05) is 13.7 Å². The molecule has 1 N–H and O–H groups in total. The largest absolute Gasteiger partial charge is 0.497 e. The number of carbonyl (C=O) groups excluding carboxylic acids is 1. The summed E-state index contributed by atoms with van der Waals surface area (Å²) in [5, 5.41) is 9.41. The van der Waals surface area contributed by atoms with Crippen LogP contribution in [0.4, 0.5) is 0 Å². The smallest absolute Gasteiger partial charge is 0.346 e. The lowest BCUT2D eigenvalue weighted by atomic mass is 10.1. The van der Waals surface area contributed by atoms with E-state index in [0.29, 0.717) is 25.9 Å². The van der Waals surface area contributed by atoms with Crippen molar-refractivity contribution in [3.8, 4) is 16.5 Å². The average Bonchev–Trinajstić information content (AvgIpc) is 3.31. The van der Waals surface area contributed by atoms with E-state index in [0.717, 1.165) is 34.9 Å². The van der Waals surface area contributed by atoms with Crippen LogP contribution in [0.25, 0.3) is 10.7 Å². The monoisotopic (exact) mass is 412 g/mol. The number of carbonyl (C=O) groups is 1. The molecule has 1 aliphatic rings. The normalized spacial score (nSPS) is 13.4. The molecule has 0 unspecified atom stereocenters. The molecule has 1 amide bonds. The van der Waals surface area contributed by atoms with Gasteiger partial charge >= 0.3 is 5.69 Å². The fraction of sp³-hybridized carbons (Fsp3) is 0.381. The first-order valence-electron chi connectivity index (χ1n) is 9.78. The zero-order valence-corrected chi connectivity index (χ0v) is 17.2. The molecule has 2 heterocycles. The quantitative estimate of drug-likeness (QED) is 0.586. The van der Waals surface area contributed by atoms with Gasteiger partial charge in [0.2, 0.25) is 5.91 Å². The molecule has 1 saturated carbocycles. The van der Waals surface area contributed by atoms with Crippen LogP contribution in [-0.4, -0.2) is 33.9 Å². The summed E-state index contributed by atoms with van der Waals surface area (Å²) in [7, 11) is 1.63. The molecule has 1 aromatic carbocycles. The molecule has 7 nitrogen and oxygen atoms in total. The summed E-state index contributed by atoms with van der Waals surface area (Å²) in [6.07, 6.45) is 3.10. The van der Waals surface area contributed by atoms with Crippen LogP contribution in [0.3, 0.4) is 0 Å². The van der Waals surface area contributed by atoms with Gasteiger partial charge in [-0.05, 0) is 48.4 Å². The van der Waals surface area contributed by atoms with Gasteiger partial charge in [0.1, 0.15) is 5.75 Å². The van der Waals surface area contributed by atoms with Gasteiger partial charge in [-0.3, -0.25) is 9.36 Å². The van der Waals surface area contributed by atoms with Gasteiger partial charge in [0.05, 0.1) is 18.5 Å². The molecular weight excluding hydrogens is 388 g/mol. The summed E-state index contributed by atoms with van der Waals surface area (Å²) in [6, 6.07) is 11.9. The Balaban J connectivity index is 1.31. The lowest BCUT2D eigenvalue weighted by molar-refractivity contribution is -0.121. The van der Waals surface area contributed by atoms with Crippen LogP contribution in [0, 0.1) is 0 Å². The van der Waals surface area contributed by atoms with Crippen molar-refractivity contribution in [2.24, 2.45) is 0 Å². The van der Waals surface area contributed by atoms with E-state index in [1.807, 2.05) is 41.8 Å². The predicted octanol–water partition coefficient (Wildman–Crippen LogP) is 2.87. The van der Waals surface area contributed by atoms with Crippen molar-refractivity contribution in [2.45, 2.75) is 38.3 Å². The van der Waals surface area contributed by atoms with Gasteiger partial charge in [0, 0.05) is 19.0 Å². The molecule has 152 valence electrons. The Labute approximate surface area is 172 Å². The molecule has 2 aromatic heterocycles. The molecule has 0 aliphatic heterocycles. The number of aromatic nitrogens is 3. The number of nitrogens with zero attached hydrogens (tertiary/aromatic N) is 3. The summed E-state index contributed by atoms with van der Waals surface area (Å²) in [6.45, 7) is 0.748. The van der Waals surface area contributed by atoms with Crippen molar-refractivity contribution in [1.82, 2.24) is 19.7 Å². The van der Waals surface area contributed by atoms with E-state index in [4.69, 9.17) is 4.74 Å². The molecule has 1 aliphatic carbocycles. The number of amides is 1. The lowest BCUT2D eigenvalue weighted by Gasteiger charge is -2.06. The first-order chi connectivity index (χ1) is 14.2. The third-order valence-corrected chi connectivity index (χ3v) is 5.84. The highest BCUT2D eigenvalue weighted by Crippen LogP contribution is 2.37. The van der Waals surface area contributed by atoms with Crippen LogP contribution in [0.15, 0.2) is 46.6 Å². The topological polar surface area (TPSA) is 78.2 Å². The minimum atomic E-state index is -0.0941. The van der Waals surface area contributed by atoms with Gasteiger partial charge in [-0.25, -0.2) is 9.48 Å². The van der Waals surface area contributed by atoms with Crippen LogP contribution in [-0.2, 0) is 17.8 Å². The maximum absolute atomic E-state index is 12.8. The minimum Gasteiger partial charge on any atom is -0.497 e. The van der Waals surface area contributed by atoms with Gasteiger partial charge in [-0.2, -0.15) is 0 Å². The first-order valence-corrected chi connectivity index (χ1v) is 10.7. The van der Waals surface area contributed by atoms with E-state index in [-0.39, 0.29) is 17.6 Å². The lowest BCUT2D eigenvalue weighted by Crippen LogP contribution is -2.32. The zero-order valence-electron chi connectivity index (χ0n) is 16.3. The Morgan fingerprint density at radius 2 is 2.07 bits per heavy atom. The maximum Gasteiger partial charge on any atom is 0.346 e. The molecule has 0 bridgehead atoms. The number of thiophene rings is 1. The molecule has 0 spiro atoms. The van der Waals surface area contributed by atoms with Crippen molar-refractivity contribution in [3.05, 3.63) is 57.8 Å². The molecule has 0 atom stereocenters. The Kier molecular flexibility index (Phi) is 5.80. The fourth-order valence-electron chi connectivity index (χ4n) is 3.24. The number of methoxy groups -OCH3 is 1. The second-order valence-corrected chi connectivity index (χ2v) is 8.05. The molecule has 8 heteroatoms.